The van der Waals surface area contributed by atoms with Crippen molar-refractivity contribution in [1.29, 1.82) is 0 Å². The van der Waals surface area contributed by atoms with Gasteiger partial charge in [0.1, 0.15) is 6.04 Å². The first-order valence-electron chi connectivity index (χ1n) is 5.83. The van der Waals surface area contributed by atoms with Crippen LogP contribution >= 0.6 is 0 Å². The van der Waals surface area contributed by atoms with E-state index in [2.05, 4.69) is 4.99 Å². The van der Waals surface area contributed by atoms with E-state index in [1.165, 1.54) is 19.1 Å². The zero-order valence-electron chi connectivity index (χ0n) is 11.1. The van der Waals surface area contributed by atoms with E-state index >= 15 is 0 Å². The lowest BCUT2D eigenvalue weighted by Crippen LogP contribution is -2.56. The molecule has 1 atom stereocenters. The highest BCUT2D eigenvalue weighted by molar-refractivity contribution is 5.98. The van der Waals surface area contributed by atoms with Crippen molar-refractivity contribution in [1.82, 2.24) is 0 Å². The predicted octanol–water partition coefficient (Wildman–Crippen LogP) is 4.72. The molecule has 0 spiro atoms. The second kappa shape index (κ2) is 5.65. The minimum Gasteiger partial charge on any atom is -0.280 e. The van der Waals surface area contributed by atoms with Gasteiger partial charge in [-0.25, -0.2) is 0 Å². The molecule has 0 N–H and O–H groups in total. The van der Waals surface area contributed by atoms with E-state index < -0.39 is 24.1 Å². The Morgan fingerprint density at radius 3 is 1.86 bits per heavy atom. The van der Waals surface area contributed by atoms with E-state index in [0.29, 0.717) is 12.5 Å². The van der Waals surface area contributed by atoms with Crippen molar-refractivity contribution in [3.8, 4) is 0 Å². The molecule has 0 bridgehead atoms. The molecule has 0 amide bonds. The molecule has 0 aromatic heterocycles. The second-order valence-corrected chi connectivity index (χ2v) is 4.45. The van der Waals surface area contributed by atoms with E-state index in [9.17, 15) is 30.7 Å². The standard InChI is InChI=1S/C13H12F7N/c1-8(10-6-4-3-5-7-10)21-9(2)11(14,15)12(16,17)13(18,19)20/h3-7,9H,1-2H3. The molecule has 0 aliphatic carbocycles. The van der Waals surface area contributed by atoms with Crippen LogP contribution in [0.2, 0.25) is 0 Å². The molecule has 0 saturated carbocycles. The third-order valence-corrected chi connectivity index (χ3v) is 2.88. The Bertz CT molecular complexity index is 505. The summed E-state index contributed by atoms with van der Waals surface area (Å²) in [6.45, 7) is 1.78. The summed E-state index contributed by atoms with van der Waals surface area (Å²) in [5, 5.41) is 0. The average molecular weight is 315 g/mol. The fraction of sp³-hybridized carbons (Fsp3) is 0.462. The maximum absolute atomic E-state index is 13.4. The van der Waals surface area contributed by atoms with Gasteiger partial charge in [-0.3, -0.25) is 4.99 Å². The highest BCUT2D eigenvalue weighted by Gasteiger charge is 2.74. The van der Waals surface area contributed by atoms with Crippen LogP contribution in [-0.4, -0.2) is 29.8 Å². The minimum absolute atomic E-state index is 0.0549. The molecule has 118 valence electrons. The van der Waals surface area contributed by atoms with Crippen LogP contribution in [0.15, 0.2) is 35.3 Å². The third kappa shape index (κ3) is 3.36. The maximum atomic E-state index is 13.4. The molecule has 0 radical (unpaired) electrons. The highest BCUT2D eigenvalue weighted by Crippen LogP contribution is 2.48. The SMILES string of the molecule is CC(=NC(C)C(F)(F)C(F)(F)C(F)(F)F)c1ccccc1. The Morgan fingerprint density at radius 1 is 0.952 bits per heavy atom. The summed E-state index contributed by atoms with van der Waals surface area (Å²) < 4.78 is 88.7. The molecule has 0 aliphatic heterocycles. The zero-order chi connectivity index (χ0) is 16.5. The third-order valence-electron chi connectivity index (χ3n) is 2.88. The van der Waals surface area contributed by atoms with E-state index in [1.54, 1.807) is 18.2 Å². The van der Waals surface area contributed by atoms with Crippen molar-refractivity contribution >= 4 is 5.71 Å². The summed E-state index contributed by atoms with van der Waals surface area (Å²) in [6, 6.07) is 5.17. The molecule has 1 aromatic carbocycles. The zero-order valence-corrected chi connectivity index (χ0v) is 11.1. The molecule has 1 rings (SSSR count). The lowest BCUT2D eigenvalue weighted by molar-refractivity contribution is -0.357. The number of rotatable bonds is 4. The van der Waals surface area contributed by atoms with Crippen molar-refractivity contribution in [2.45, 2.75) is 37.9 Å². The first-order chi connectivity index (χ1) is 9.41. The molecule has 1 nitrogen and oxygen atoms in total. The van der Waals surface area contributed by atoms with Gasteiger partial charge < -0.3 is 0 Å². The van der Waals surface area contributed by atoms with E-state index in [1.807, 2.05) is 0 Å². The normalized spacial score (nSPS) is 16.0. The average Bonchev–Trinajstić information content (AvgIpc) is 2.38. The largest absolute Gasteiger partial charge is 0.459 e. The molecule has 0 saturated heterocycles. The first-order valence-corrected chi connectivity index (χ1v) is 5.83. The monoisotopic (exact) mass is 315 g/mol. The fourth-order valence-corrected chi connectivity index (χ4v) is 1.58. The van der Waals surface area contributed by atoms with Gasteiger partial charge in [-0.15, -0.1) is 0 Å². The molecular formula is C13H12F7N. The Labute approximate surface area is 116 Å². The van der Waals surface area contributed by atoms with Gasteiger partial charge in [-0.2, -0.15) is 30.7 Å². The van der Waals surface area contributed by atoms with Gasteiger partial charge in [0.25, 0.3) is 0 Å². The van der Waals surface area contributed by atoms with Gasteiger partial charge in [0, 0.05) is 5.71 Å². The molecule has 8 heteroatoms. The lowest BCUT2D eigenvalue weighted by Gasteiger charge is -2.30. The van der Waals surface area contributed by atoms with Gasteiger partial charge in [0.2, 0.25) is 0 Å². The van der Waals surface area contributed by atoms with Crippen LogP contribution < -0.4 is 0 Å². The Hall–Kier alpha value is -1.60. The van der Waals surface area contributed by atoms with Crippen LogP contribution in [0.4, 0.5) is 30.7 Å². The van der Waals surface area contributed by atoms with Crippen LogP contribution in [0.5, 0.6) is 0 Å². The summed E-state index contributed by atoms with van der Waals surface area (Å²) in [7, 11) is 0. The van der Waals surface area contributed by atoms with Gasteiger partial charge in [0.05, 0.1) is 0 Å². The molecular weight excluding hydrogens is 303 g/mol. The van der Waals surface area contributed by atoms with Crippen molar-refractivity contribution < 1.29 is 30.7 Å². The Morgan fingerprint density at radius 2 is 1.43 bits per heavy atom. The number of alkyl halides is 7. The minimum atomic E-state index is -6.35. The van der Waals surface area contributed by atoms with Crippen molar-refractivity contribution in [2.24, 2.45) is 4.99 Å². The fourth-order valence-electron chi connectivity index (χ4n) is 1.58. The number of halogens is 7. The number of aliphatic imine (C=N–C) groups is 1. The van der Waals surface area contributed by atoms with E-state index in [4.69, 9.17) is 0 Å². The molecule has 0 heterocycles. The van der Waals surface area contributed by atoms with Crippen LogP contribution in [0.25, 0.3) is 0 Å². The molecule has 21 heavy (non-hydrogen) atoms. The highest BCUT2D eigenvalue weighted by atomic mass is 19.4. The van der Waals surface area contributed by atoms with E-state index in [-0.39, 0.29) is 5.71 Å². The van der Waals surface area contributed by atoms with Gasteiger partial charge in [0.15, 0.2) is 0 Å². The number of hydrogen-bond donors (Lipinski definition) is 0. The summed E-state index contributed by atoms with van der Waals surface area (Å²) in [4.78, 5) is 3.29. The summed E-state index contributed by atoms with van der Waals surface area (Å²) in [6.07, 6.45) is -6.35. The first kappa shape index (κ1) is 17.5. The van der Waals surface area contributed by atoms with Crippen molar-refractivity contribution in [2.75, 3.05) is 0 Å². The lowest BCUT2D eigenvalue weighted by atomic mass is 10.0. The molecule has 0 aliphatic rings. The Balaban J connectivity index is 3.10. The van der Waals surface area contributed by atoms with Gasteiger partial charge in [-0.05, 0) is 19.4 Å². The number of benzene rings is 1. The molecule has 0 fully saturated rings. The summed E-state index contributed by atoms with van der Waals surface area (Å²) in [5.74, 6) is -11.5. The number of nitrogens with zero attached hydrogens (tertiary/aromatic N) is 1. The summed E-state index contributed by atoms with van der Waals surface area (Å²) >= 11 is 0. The second-order valence-electron chi connectivity index (χ2n) is 4.45. The number of hydrogen-bond acceptors (Lipinski definition) is 1. The smallest absolute Gasteiger partial charge is 0.280 e. The maximum Gasteiger partial charge on any atom is 0.459 e. The van der Waals surface area contributed by atoms with Crippen LogP contribution in [0.1, 0.15) is 19.4 Å². The van der Waals surface area contributed by atoms with Crippen LogP contribution in [0.3, 0.4) is 0 Å². The van der Waals surface area contributed by atoms with Crippen LogP contribution in [0, 0.1) is 0 Å². The Kier molecular flexibility index (Phi) is 4.70. The van der Waals surface area contributed by atoms with Gasteiger partial charge >= 0.3 is 18.0 Å². The van der Waals surface area contributed by atoms with Gasteiger partial charge in [-0.1, -0.05) is 30.3 Å². The van der Waals surface area contributed by atoms with E-state index in [0.717, 1.165) is 0 Å². The quantitative estimate of drug-likeness (QED) is 0.563. The van der Waals surface area contributed by atoms with Crippen molar-refractivity contribution in [3.05, 3.63) is 35.9 Å². The summed E-state index contributed by atoms with van der Waals surface area (Å²) in [5.41, 5.74) is 0.302. The topological polar surface area (TPSA) is 12.4 Å². The predicted molar refractivity (Wildman–Crippen MR) is 64.1 cm³/mol. The van der Waals surface area contributed by atoms with Crippen LogP contribution in [-0.2, 0) is 0 Å². The molecule has 1 unspecified atom stereocenters. The van der Waals surface area contributed by atoms with Crippen molar-refractivity contribution in [3.63, 3.8) is 0 Å². The molecule has 1 aromatic rings.